The Kier molecular flexibility index (Phi) is 5.66. The summed E-state index contributed by atoms with van der Waals surface area (Å²) in [4.78, 5) is 11.7. The number of anilines is 1. The molecule has 0 aliphatic carbocycles. The van der Waals surface area contributed by atoms with Gasteiger partial charge in [0.15, 0.2) is 0 Å². The van der Waals surface area contributed by atoms with Gasteiger partial charge in [0.2, 0.25) is 0 Å². The number of nitrogens with one attached hydrogen (secondary N) is 2. The highest BCUT2D eigenvalue weighted by Crippen LogP contribution is 2.18. The fraction of sp³-hybridized carbons (Fsp3) is 0.286. The van der Waals surface area contributed by atoms with E-state index in [0.29, 0.717) is 6.42 Å². The third-order valence-electron chi connectivity index (χ3n) is 2.68. The van der Waals surface area contributed by atoms with E-state index in [0.717, 1.165) is 18.3 Å². The Hall–Kier alpha value is -2.42. The molecular weight excluding hydrogens is 264 g/mol. The SMILES string of the molecule is CCC(C)NC(=O)/C(C#N)=C\Nc1c(F)cccc1F. The van der Waals surface area contributed by atoms with Crippen molar-refractivity contribution in [2.45, 2.75) is 26.3 Å². The zero-order chi connectivity index (χ0) is 15.1. The molecule has 0 aromatic heterocycles. The van der Waals surface area contributed by atoms with Crippen LogP contribution in [-0.2, 0) is 4.79 Å². The summed E-state index contributed by atoms with van der Waals surface area (Å²) < 4.78 is 26.7. The van der Waals surface area contributed by atoms with Crippen molar-refractivity contribution in [2.24, 2.45) is 0 Å². The first-order chi connectivity index (χ1) is 9.49. The van der Waals surface area contributed by atoms with E-state index in [9.17, 15) is 13.6 Å². The molecule has 1 rings (SSSR count). The standard InChI is InChI=1S/C14H15F2N3O/c1-3-9(2)19-14(20)10(7-17)8-18-13-11(15)5-4-6-12(13)16/h4-6,8-9,18H,3H2,1-2H3,(H,19,20)/b10-8-. The normalized spacial score (nSPS) is 12.4. The highest BCUT2D eigenvalue weighted by Gasteiger charge is 2.12. The van der Waals surface area contributed by atoms with Crippen molar-refractivity contribution in [1.82, 2.24) is 5.32 Å². The Bertz CT molecular complexity index is 544. The van der Waals surface area contributed by atoms with E-state index in [-0.39, 0.29) is 11.6 Å². The minimum absolute atomic E-state index is 0.0931. The Morgan fingerprint density at radius 2 is 2.05 bits per heavy atom. The number of nitriles is 1. The van der Waals surface area contributed by atoms with Crippen molar-refractivity contribution < 1.29 is 13.6 Å². The van der Waals surface area contributed by atoms with Crippen LogP contribution in [0.3, 0.4) is 0 Å². The lowest BCUT2D eigenvalue weighted by Crippen LogP contribution is -2.33. The summed E-state index contributed by atoms with van der Waals surface area (Å²) in [5.41, 5.74) is -0.662. The number of hydrogen-bond acceptors (Lipinski definition) is 3. The number of benzene rings is 1. The predicted molar refractivity (Wildman–Crippen MR) is 71.6 cm³/mol. The van der Waals surface area contributed by atoms with E-state index < -0.39 is 23.2 Å². The van der Waals surface area contributed by atoms with Crippen LogP contribution in [0.1, 0.15) is 20.3 Å². The summed E-state index contributed by atoms with van der Waals surface area (Å²) in [7, 11) is 0. The molecule has 1 unspecified atom stereocenters. The van der Waals surface area contributed by atoms with Crippen molar-refractivity contribution in [1.29, 1.82) is 5.26 Å². The van der Waals surface area contributed by atoms with E-state index in [1.165, 1.54) is 6.07 Å². The quantitative estimate of drug-likeness (QED) is 0.643. The van der Waals surface area contributed by atoms with Gasteiger partial charge in [-0.05, 0) is 25.5 Å². The van der Waals surface area contributed by atoms with Gasteiger partial charge in [-0.1, -0.05) is 13.0 Å². The second kappa shape index (κ2) is 7.24. The fourth-order valence-electron chi connectivity index (χ4n) is 1.33. The topological polar surface area (TPSA) is 64.9 Å². The number of amides is 1. The fourth-order valence-corrected chi connectivity index (χ4v) is 1.33. The number of carbonyl (C=O) groups excluding carboxylic acids is 1. The Morgan fingerprint density at radius 1 is 1.45 bits per heavy atom. The van der Waals surface area contributed by atoms with E-state index >= 15 is 0 Å². The molecule has 1 amide bonds. The zero-order valence-electron chi connectivity index (χ0n) is 11.2. The number of nitrogens with zero attached hydrogens (tertiary/aromatic N) is 1. The van der Waals surface area contributed by atoms with Crippen LogP contribution in [0.5, 0.6) is 0 Å². The van der Waals surface area contributed by atoms with Gasteiger partial charge in [0.25, 0.3) is 5.91 Å². The molecule has 0 fully saturated rings. The van der Waals surface area contributed by atoms with Crippen LogP contribution in [0, 0.1) is 23.0 Å². The highest BCUT2D eigenvalue weighted by molar-refractivity contribution is 5.97. The van der Waals surface area contributed by atoms with Crippen LogP contribution < -0.4 is 10.6 Å². The zero-order valence-corrected chi connectivity index (χ0v) is 11.2. The number of para-hydroxylation sites is 1. The van der Waals surface area contributed by atoms with Crippen molar-refractivity contribution in [3.05, 3.63) is 41.6 Å². The van der Waals surface area contributed by atoms with Crippen LogP contribution in [0.4, 0.5) is 14.5 Å². The average molecular weight is 279 g/mol. The number of rotatable bonds is 5. The lowest BCUT2D eigenvalue weighted by atomic mass is 10.2. The van der Waals surface area contributed by atoms with Gasteiger partial charge in [0.1, 0.15) is 29.0 Å². The van der Waals surface area contributed by atoms with Gasteiger partial charge in [-0.15, -0.1) is 0 Å². The molecule has 106 valence electrons. The van der Waals surface area contributed by atoms with E-state index in [1.54, 1.807) is 13.0 Å². The molecule has 0 heterocycles. The molecule has 0 bridgehead atoms. The smallest absolute Gasteiger partial charge is 0.263 e. The van der Waals surface area contributed by atoms with Crippen LogP contribution in [0.25, 0.3) is 0 Å². The molecule has 1 aromatic carbocycles. The van der Waals surface area contributed by atoms with E-state index in [1.807, 2.05) is 6.92 Å². The molecule has 0 aliphatic rings. The molecular formula is C14H15F2N3O. The second-order valence-corrected chi connectivity index (χ2v) is 4.19. The van der Waals surface area contributed by atoms with Crippen molar-refractivity contribution in [3.8, 4) is 6.07 Å². The highest BCUT2D eigenvalue weighted by atomic mass is 19.1. The maximum absolute atomic E-state index is 13.4. The van der Waals surface area contributed by atoms with Crippen LogP contribution in [-0.4, -0.2) is 11.9 Å². The summed E-state index contributed by atoms with van der Waals surface area (Å²) >= 11 is 0. The minimum Gasteiger partial charge on any atom is -0.355 e. The molecule has 4 nitrogen and oxygen atoms in total. The summed E-state index contributed by atoms with van der Waals surface area (Å²) in [5.74, 6) is -2.20. The van der Waals surface area contributed by atoms with E-state index in [4.69, 9.17) is 5.26 Å². The monoisotopic (exact) mass is 279 g/mol. The van der Waals surface area contributed by atoms with Crippen LogP contribution >= 0.6 is 0 Å². The Labute approximate surface area is 116 Å². The van der Waals surface area contributed by atoms with Crippen molar-refractivity contribution >= 4 is 11.6 Å². The number of hydrogen-bond donors (Lipinski definition) is 2. The van der Waals surface area contributed by atoms with Crippen LogP contribution in [0.2, 0.25) is 0 Å². The first-order valence-electron chi connectivity index (χ1n) is 6.11. The maximum Gasteiger partial charge on any atom is 0.263 e. The molecule has 20 heavy (non-hydrogen) atoms. The molecule has 0 saturated heterocycles. The third kappa shape index (κ3) is 4.05. The summed E-state index contributed by atoms with van der Waals surface area (Å²) in [5, 5.41) is 13.8. The van der Waals surface area contributed by atoms with Gasteiger partial charge >= 0.3 is 0 Å². The lowest BCUT2D eigenvalue weighted by molar-refractivity contribution is -0.117. The second-order valence-electron chi connectivity index (χ2n) is 4.19. The predicted octanol–water partition coefficient (Wildman–Crippen LogP) is 2.70. The largest absolute Gasteiger partial charge is 0.355 e. The third-order valence-corrected chi connectivity index (χ3v) is 2.68. The first-order valence-corrected chi connectivity index (χ1v) is 6.11. The number of carbonyl (C=O) groups is 1. The molecule has 0 spiro atoms. The summed E-state index contributed by atoms with van der Waals surface area (Å²) in [6, 6.07) is 4.96. The van der Waals surface area contributed by atoms with Gasteiger partial charge in [0, 0.05) is 12.2 Å². The molecule has 0 radical (unpaired) electrons. The average Bonchev–Trinajstić information content (AvgIpc) is 2.42. The Balaban J connectivity index is 2.86. The molecule has 0 aliphatic heterocycles. The minimum atomic E-state index is -0.805. The molecule has 1 atom stereocenters. The summed E-state index contributed by atoms with van der Waals surface area (Å²) in [6.45, 7) is 3.67. The van der Waals surface area contributed by atoms with Crippen molar-refractivity contribution in [3.63, 3.8) is 0 Å². The lowest BCUT2D eigenvalue weighted by Gasteiger charge is -2.10. The van der Waals surface area contributed by atoms with Crippen LogP contribution in [0.15, 0.2) is 30.0 Å². The molecule has 0 saturated carbocycles. The van der Waals surface area contributed by atoms with Gasteiger partial charge in [0.05, 0.1) is 0 Å². The first kappa shape index (κ1) is 15.6. The van der Waals surface area contributed by atoms with Gasteiger partial charge in [-0.3, -0.25) is 4.79 Å². The molecule has 6 heteroatoms. The molecule has 2 N–H and O–H groups in total. The van der Waals surface area contributed by atoms with E-state index in [2.05, 4.69) is 10.6 Å². The summed E-state index contributed by atoms with van der Waals surface area (Å²) in [6.07, 6.45) is 1.69. The molecule has 1 aromatic rings. The Morgan fingerprint density at radius 3 is 2.55 bits per heavy atom. The van der Waals surface area contributed by atoms with Gasteiger partial charge in [-0.25, -0.2) is 8.78 Å². The maximum atomic E-state index is 13.4. The van der Waals surface area contributed by atoms with Gasteiger partial charge < -0.3 is 10.6 Å². The van der Waals surface area contributed by atoms with Gasteiger partial charge in [-0.2, -0.15) is 5.26 Å². The number of halogens is 2. The van der Waals surface area contributed by atoms with Crippen molar-refractivity contribution in [2.75, 3.05) is 5.32 Å².